The summed E-state index contributed by atoms with van der Waals surface area (Å²) in [5, 5.41) is 8.97. The molecule has 21 heavy (non-hydrogen) atoms. The van der Waals surface area contributed by atoms with Crippen molar-refractivity contribution in [3.63, 3.8) is 0 Å². The fourth-order valence-corrected chi connectivity index (χ4v) is 1.89. The second-order valence-electron chi connectivity index (χ2n) is 4.58. The maximum Gasteiger partial charge on any atom is 0.384 e. The van der Waals surface area contributed by atoms with Crippen molar-refractivity contribution in [2.45, 2.75) is 26.7 Å². The zero-order valence-electron chi connectivity index (χ0n) is 12.1. The Balaban J connectivity index is 2.44. The molecule has 1 N–H and O–H groups in total. The van der Waals surface area contributed by atoms with Gasteiger partial charge in [0.25, 0.3) is 0 Å². The predicted octanol–water partition coefficient (Wildman–Crippen LogP) is 2.34. The van der Waals surface area contributed by atoms with E-state index in [2.05, 4.69) is 0 Å². The van der Waals surface area contributed by atoms with Crippen molar-refractivity contribution >= 4 is 11.9 Å². The molecule has 0 radical (unpaired) electrons. The lowest BCUT2D eigenvalue weighted by Crippen LogP contribution is -2.06. The minimum absolute atomic E-state index is 0.249. The molecular formula is C16H18O5. The lowest BCUT2D eigenvalue weighted by Gasteiger charge is -2.13. The van der Waals surface area contributed by atoms with E-state index in [0.29, 0.717) is 25.2 Å². The molecule has 0 amide bonds. The average Bonchev–Trinajstić information content (AvgIpc) is 2.44. The number of aryl methyl sites for hydroxylation is 2. The number of esters is 1. The molecule has 0 aliphatic carbocycles. The highest BCUT2D eigenvalue weighted by Gasteiger charge is 2.10. The van der Waals surface area contributed by atoms with Crippen LogP contribution in [0.3, 0.4) is 0 Å². The minimum Gasteiger partial charge on any atom is -0.493 e. The number of unbranched alkanes of at least 4 members (excludes halogenated alkanes) is 1. The molecule has 0 unspecified atom stereocenters. The van der Waals surface area contributed by atoms with Gasteiger partial charge in [-0.05, 0) is 49.9 Å². The van der Waals surface area contributed by atoms with Gasteiger partial charge in [0, 0.05) is 5.92 Å². The van der Waals surface area contributed by atoms with E-state index in [-0.39, 0.29) is 12.2 Å². The van der Waals surface area contributed by atoms with Crippen molar-refractivity contribution in [1.82, 2.24) is 0 Å². The second-order valence-corrected chi connectivity index (χ2v) is 4.58. The minimum atomic E-state index is -0.955. The normalized spacial score (nSPS) is 9.76. The van der Waals surface area contributed by atoms with Gasteiger partial charge in [-0.15, -0.1) is 6.42 Å². The van der Waals surface area contributed by atoms with E-state index in [1.165, 1.54) is 0 Å². The summed E-state index contributed by atoms with van der Waals surface area (Å²) in [6, 6.07) is 3.17. The van der Waals surface area contributed by atoms with Gasteiger partial charge in [0.15, 0.2) is 0 Å². The quantitative estimate of drug-likeness (QED) is 0.361. The number of hydrogen-bond acceptors (Lipinski definition) is 4. The van der Waals surface area contributed by atoms with Crippen molar-refractivity contribution in [2.75, 3.05) is 13.2 Å². The van der Waals surface area contributed by atoms with Gasteiger partial charge >= 0.3 is 11.9 Å². The van der Waals surface area contributed by atoms with Crippen molar-refractivity contribution < 1.29 is 24.2 Å². The third kappa shape index (κ3) is 5.19. The van der Waals surface area contributed by atoms with Gasteiger partial charge in [-0.1, -0.05) is 0 Å². The smallest absolute Gasteiger partial charge is 0.384 e. The van der Waals surface area contributed by atoms with E-state index in [9.17, 15) is 9.59 Å². The lowest BCUT2D eigenvalue weighted by molar-refractivity contribution is -0.136. The zero-order valence-corrected chi connectivity index (χ0v) is 12.1. The summed E-state index contributed by atoms with van der Waals surface area (Å²) < 4.78 is 10.4. The molecule has 0 atom stereocenters. The second kappa shape index (κ2) is 7.95. The number of terminal acetylenes is 1. The highest BCUT2D eigenvalue weighted by Crippen LogP contribution is 2.25. The Morgan fingerprint density at radius 1 is 1.19 bits per heavy atom. The molecule has 112 valence electrons. The molecule has 0 saturated heterocycles. The largest absolute Gasteiger partial charge is 0.493 e. The fourth-order valence-electron chi connectivity index (χ4n) is 1.89. The fraction of sp³-hybridized carbons (Fsp3) is 0.375. The van der Waals surface area contributed by atoms with Crippen LogP contribution in [0, 0.1) is 26.2 Å². The van der Waals surface area contributed by atoms with Gasteiger partial charge in [-0.3, -0.25) is 0 Å². The Bertz CT molecular complexity index is 546. The van der Waals surface area contributed by atoms with Crippen LogP contribution in [0.25, 0.3) is 0 Å². The molecule has 1 rings (SSSR count). The first kappa shape index (κ1) is 16.6. The van der Waals surface area contributed by atoms with Crippen molar-refractivity contribution in [3.8, 4) is 18.1 Å². The molecular weight excluding hydrogens is 272 g/mol. The number of carbonyl (C=O) groups excluding carboxylic acids is 1. The highest BCUT2D eigenvalue weighted by molar-refractivity contribution is 5.88. The van der Waals surface area contributed by atoms with Crippen LogP contribution in [0.1, 0.15) is 34.3 Å². The first-order valence-corrected chi connectivity index (χ1v) is 6.56. The number of benzene rings is 1. The summed E-state index contributed by atoms with van der Waals surface area (Å²) in [6.45, 7) is 4.34. The van der Waals surface area contributed by atoms with Crippen molar-refractivity contribution in [1.29, 1.82) is 0 Å². The zero-order chi connectivity index (χ0) is 15.8. The molecule has 0 saturated carbocycles. The monoisotopic (exact) mass is 290 g/mol. The average molecular weight is 290 g/mol. The molecule has 0 aliphatic rings. The summed E-state index contributed by atoms with van der Waals surface area (Å²) in [7, 11) is 0. The van der Waals surface area contributed by atoms with Crippen LogP contribution in [0.5, 0.6) is 5.75 Å². The van der Waals surface area contributed by atoms with Gasteiger partial charge in [0.2, 0.25) is 0 Å². The van der Waals surface area contributed by atoms with E-state index in [1.54, 1.807) is 12.1 Å². The number of carboxylic acids is 1. The van der Waals surface area contributed by atoms with E-state index >= 15 is 0 Å². The number of carboxylic acid groups (broad SMARTS) is 1. The highest BCUT2D eigenvalue weighted by atomic mass is 16.5. The van der Waals surface area contributed by atoms with Gasteiger partial charge in [-0.2, -0.15) is 0 Å². The Labute approximate surface area is 123 Å². The Morgan fingerprint density at radius 2 is 1.76 bits per heavy atom. The van der Waals surface area contributed by atoms with Crippen molar-refractivity contribution in [3.05, 3.63) is 28.8 Å². The topological polar surface area (TPSA) is 72.8 Å². The maximum atomic E-state index is 10.9. The van der Waals surface area contributed by atoms with Crippen LogP contribution in [0.4, 0.5) is 0 Å². The number of ether oxygens (including phenoxy) is 2. The lowest BCUT2D eigenvalue weighted by atomic mass is 10.1. The van der Waals surface area contributed by atoms with Gasteiger partial charge < -0.3 is 14.6 Å². The number of aromatic carboxylic acids is 1. The number of rotatable bonds is 7. The molecule has 5 nitrogen and oxygen atoms in total. The molecule has 1 aromatic carbocycles. The summed E-state index contributed by atoms with van der Waals surface area (Å²) in [5.41, 5.74) is 1.82. The van der Waals surface area contributed by atoms with Gasteiger partial charge in [-0.25, -0.2) is 9.59 Å². The molecule has 0 spiro atoms. The maximum absolute atomic E-state index is 10.9. The molecule has 1 aromatic rings. The van der Waals surface area contributed by atoms with Crippen LogP contribution in [0.15, 0.2) is 12.1 Å². The van der Waals surface area contributed by atoms with Crippen LogP contribution in [0.2, 0.25) is 0 Å². The Kier molecular flexibility index (Phi) is 6.28. The number of carbonyl (C=O) groups is 2. The molecule has 0 aliphatic heterocycles. The van der Waals surface area contributed by atoms with E-state index in [1.807, 2.05) is 19.8 Å². The van der Waals surface area contributed by atoms with Gasteiger partial charge in [0.1, 0.15) is 5.75 Å². The Hall–Kier alpha value is -2.48. The standard InChI is InChI=1S/C16H18O5/c1-4-14(17)20-7-5-6-8-21-15-11(2)9-13(16(18)19)10-12(15)3/h1,9-10H,5-8H2,2-3H3,(H,18,19). The molecule has 0 bridgehead atoms. The van der Waals surface area contributed by atoms with Crippen LogP contribution < -0.4 is 4.74 Å². The molecule has 0 aromatic heterocycles. The first-order valence-electron chi connectivity index (χ1n) is 6.56. The molecule has 5 heteroatoms. The Morgan fingerprint density at radius 3 is 2.29 bits per heavy atom. The van der Waals surface area contributed by atoms with Gasteiger partial charge in [0.05, 0.1) is 18.8 Å². The van der Waals surface area contributed by atoms with Crippen LogP contribution in [-0.4, -0.2) is 30.3 Å². The predicted molar refractivity (Wildman–Crippen MR) is 77.4 cm³/mol. The SMILES string of the molecule is C#CC(=O)OCCCCOc1c(C)cc(C(=O)O)cc1C. The molecule has 0 heterocycles. The third-order valence-corrected chi connectivity index (χ3v) is 2.84. The summed E-state index contributed by atoms with van der Waals surface area (Å²) in [5.74, 6) is 0.950. The first-order chi connectivity index (χ1) is 9.95. The van der Waals surface area contributed by atoms with E-state index < -0.39 is 11.9 Å². The number of hydrogen-bond donors (Lipinski definition) is 1. The van der Waals surface area contributed by atoms with Crippen LogP contribution in [-0.2, 0) is 9.53 Å². The summed E-state index contributed by atoms with van der Waals surface area (Å²) >= 11 is 0. The third-order valence-electron chi connectivity index (χ3n) is 2.84. The van der Waals surface area contributed by atoms with E-state index in [0.717, 1.165) is 11.1 Å². The van der Waals surface area contributed by atoms with Crippen molar-refractivity contribution in [2.24, 2.45) is 0 Å². The molecule has 0 fully saturated rings. The summed E-state index contributed by atoms with van der Waals surface area (Å²) in [6.07, 6.45) is 6.22. The van der Waals surface area contributed by atoms with Crippen LogP contribution >= 0.6 is 0 Å². The summed E-state index contributed by atoms with van der Waals surface area (Å²) in [4.78, 5) is 21.6. The van der Waals surface area contributed by atoms with E-state index in [4.69, 9.17) is 21.0 Å².